The molecule has 0 spiro atoms. The van der Waals surface area contributed by atoms with Crippen molar-refractivity contribution in [2.45, 2.75) is 6.92 Å². The summed E-state index contributed by atoms with van der Waals surface area (Å²) in [5.41, 5.74) is 0. The molecule has 0 aromatic heterocycles. The molecule has 6 nitrogen and oxygen atoms in total. The molecular formula is C12H18O6S2. The van der Waals surface area contributed by atoms with E-state index < -0.39 is 17.9 Å². The number of carbonyl (C=O) groups is 3. The Kier molecular flexibility index (Phi) is 14.6. The van der Waals surface area contributed by atoms with Crippen molar-refractivity contribution in [3.05, 3.63) is 24.5 Å². The van der Waals surface area contributed by atoms with Gasteiger partial charge in [0.1, 0.15) is 12.4 Å². The van der Waals surface area contributed by atoms with Gasteiger partial charge in [0, 0.05) is 6.08 Å². The normalized spacial score (nSPS) is 9.70. The molecule has 0 radical (unpaired) electrons. The van der Waals surface area contributed by atoms with E-state index in [1.807, 2.05) is 0 Å². The molecule has 0 fully saturated rings. The summed E-state index contributed by atoms with van der Waals surface area (Å²) in [7, 11) is 1.31. The Balaban J connectivity index is 0. The lowest BCUT2D eigenvalue weighted by atomic mass is 10.5. The maximum Gasteiger partial charge on any atom is 0.329 e. The van der Waals surface area contributed by atoms with E-state index in [2.05, 4.69) is 36.6 Å². The van der Waals surface area contributed by atoms with Crippen molar-refractivity contribution < 1.29 is 28.6 Å². The van der Waals surface area contributed by atoms with Crippen molar-refractivity contribution in [3.8, 4) is 0 Å². The molecule has 0 aliphatic rings. The van der Waals surface area contributed by atoms with Gasteiger partial charge < -0.3 is 14.2 Å². The fraction of sp³-hybridized carbons (Fsp3) is 0.417. The summed E-state index contributed by atoms with van der Waals surface area (Å²) in [6, 6.07) is 0. The summed E-state index contributed by atoms with van der Waals surface area (Å²) in [4.78, 5) is 31.3. The highest BCUT2D eigenvalue weighted by atomic mass is 32.1. The van der Waals surface area contributed by atoms with Crippen LogP contribution in [0, 0.1) is 0 Å². The fourth-order valence-electron chi connectivity index (χ4n) is 0.631. The zero-order valence-corrected chi connectivity index (χ0v) is 13.1. The quantitative estimate of drug-likeness (QED) is 0.251. The van der Waals surface area contributed by atoms with Crippen molar-refractivity contribution in [2.24, 2.45) is 0 Å². The lowest BCUT2D eigenvalue weighted by Crippen LogP contribution is -2.13. The number of methoxy groups -OCH3 is 1. The van der Waals surface area contributed by atoms with Crippen LogP contribution >= 0.6 is 25.3 Å². The van der Waals surface area contributed by atoms with Gasteiger partial charge in [-0.1, -0.05) is 6.58 Å². The molecule has 0 heterocycles. The third-order valence-electron chi connectivity index (χ3n) is 1.57. The van der Waals surface area contributed by atoms with Crippen LogP contribution in [0.2, 0.25) is 0 Å². The molecular weight excluding hydrogens is 304 g/mol. The molecule has 0 aliphatic carbocycles. The minimum atomic E-state index is -0.483. The zero-order chi connectivity index (χ0) is 16.0. The minimum absolute atomic E-state index is 0.00247. The van der Waals surface area contributed by atoms with Crippen LogP contribution in [-0.2, 0) is 28.6 Å². The maximum atomic E-state index is 10.8. The van der Waals surface area contributed by atoms with E-state index in [1.165, 1.54) is 7.11 Å². The van der Waals surface area contributed by atoms with E-state index in [0.29, 0.717) is 5.76 Å². The van der Waals surface area contributed by atoms with Crippen LogP contribution < -0.4 is 0 Å². The van der Waals surface area contributed by atoms with Crippen molar-refractivity contribution in [3.63, 3.8) is 0 Å². The molecule has 0 unspecified atom stereocenters. The van der Waals surface area contributed by atoms with Gasteiger partial charge in [-0.05, 0) is 13.0 Å². The molecule has 20 heavy (non-hydrogen) atoms. The molecule has 0 saturated carbocycles. The second-order valence-electron chi connectivity index (χ2n) is 2.93. The number of hydrogen-bond acceptors (Lipinski definition) is 8. The van der Waals surface area contributed by atoms with Crippen LogP contribution in [0.25, 0.3) is 0 Å². The zero-order valence-electron chi connectivity index (χ0n) is 11.3. The number of hydrogen-bond donors (Lipinski definition) is 2. The molecule has 0 saturated heterocycles. The van der Waals surface area contributed by atoms with Crippen molar-refractivity contribution in [1.82, 2.24) is 0 Å². The summed E-state index contributed by atoms with van der Waals surface area (Å²) in [6.07, 6.45) is 2.66. The molecule has 0 bridgehead atoms. The number of esters is 3. The third-order valence-corrected chi connectivity index (χ3v) is 2.08. The average molecular weight is 322 g/mol. The highest BCUT2D eigenvalue weighted by Gasteiger charge is 2.07. The Bertz CT molecular complexity index is 365. The van der Waals surface area contributed by atoms with Crippen LogP contribution in [0.3, 0.4) is 0 Å². The third kappa shape index (κ3) is 13.0. The predicted molar refractivity (Wildman–Crippen MR) is 80.7 cm³/mol. The number of thiol groups is 2. The first kappa shape index (κ1) is 20.9. The van der Waals surface area contributed by atoms with Gasteiger partial charge in [-0.25, -0.2) is 4.79 Å². The average Bonchev–Trinajstić information content (AvgIpc) is 2.50. The lowest BCUT2D eigenvalue weighted by molar-refractivity contribution is -0.144. The van der Waals surface area contributed by atoms with Crippen LogP contribution in [0.4, 0.5) is 0 Å². The first-order chi connectivity index (χ1) is 9.44. The highest BCUT2D eigenvalue weighted by Crippen LogP contribution is 2.00. The summed E-state index contributed by atoms with van der Waals surface area (Å²) >= 11 is 7.46. The van der Waals surface area contributed by atoms with Gasteiger partial charge in [-0.2, -0.15) is 25.3 Å². The first-order valence-corrected chi connectivity index (χ1v) is 6.65. The van der Waals surface area contributed by atoms with E-state index in [4.69, 9.17) is 9.47 Å². The van der Waals surface area contributed by atoms with E-state index in [0.717, 1.165) is 6.08 Å². The second-order valence-corrected chi connectivity index (χ2v) is 3.57. The van der Waals surface area contributed by atoms with Crippen LogP contribution in [-0.4, -0.2) is 43.1 Å². The first-order valence-electron chi connectivity index (χ1n) is 5.38. The molecule has 0 rings (SSSR count). The van der Waals surface area contributed by atoms with Gasteiger partial charge in [0.05, 0.1) is 18.6 Å². The number of rotatable bonds is 6. The number of allylic oxidation sites excluding steroid dienone is 1. The van der Waals surface area contributed by atoms with Crippen LogP contribution in [0.1, 0.15) is 6.92 Å². The molecule has 0 aromatic rings. The fourth-order valence-corrected chi connectivity index (χ4v) is 0.787. The Morgan fingerprint density at radius 2 is 1.70 bits per heavy atom. The standard InChI is InChI=1S/C8H12O4S2.C4H6O2/c1-2-6(12-8(10)5-14)3-11-7(9)4-13;1-3-4(5)6-2/h2,13-14H,3-5H2,1H3;3H,1H2,2H3. The molecule has 8 heteroatoms. The largest absolute Gasteiger partial charge is 0.466 e. The molecule has 0 atom stereocenters. The number of carbonyl (C=O) groups excluding carboxylic acids is 3. The Morgan fingerprint density at radius 3 is 2.00 bits per heavy atom. The minimum Gasteiger partial charge on any atom is -0.466 e. The van der Waals surface area contributed by atoms with E-state index in [9.17, 15) is 14.4 Å². The second kappa shape index (κ2) is 14.0. The van der Waals surface area contributed by atoms with Crippen molar-refractivity contribution >= 4 is 43.2 Å². The van der Waals surface area contributed by atoms with Gasteiger partial charge in [0.25, 0.3) is 0 Å². The van der Waals surface area contributed by atoms with Crippen molar-refractivity contribution in [2.75, 3.05) is 25.2 Å². The van der Waals surface area contributed by atoms with Gasteiger partial charge in [-0.3, -0.25) is 9.59 Å². The monoisotopic (exact) mass is 322 g/mol. The van der Waals surface area contributed by atoms with Gasteiger partial charge in [-0.15, -0.1) is 0 Å². The summed E-state index contributed by atoms with van der Waals surface area (Å²) < 4.78 is 13.6. The molecule has 0 amide bonds. The van der Waals surface area contributed by atoms with Gasteiger partial charge in [0.2, 0.25) is 0 Å². The van der Waals surface area contributed by atoms with Gasteiger partial charge in [0.15, 0.2) is 0 Å². The molecule has 0 N–H and O–H groups in total. The molecule has 0 aromatic carbocycles. The lowest BCUT2D eigenvalue weighted by Gasteiger charge is -2.07. The summed E-state index contributed by atoms with van der Waals surface area (Å²) in [5, 5.41) is 0. The topological polar surface area (TPSA) is 78.9 Å². The van der Waals surface area contributed by atoms with Crippen LogP contribution in [0.5, 0.6) is 0 Å². The molecule has 114 valence electrons. The van der Waals surface area contributed by atoms with E-state index in [-0.39, 0.29) is 18.1 Å². The van der Waals surface area contributed by atoms with Crippen LogP contribution in [0.15, 0.2) is 24.5 Å². The SMILES string of the molecule is C=CC(=O)OC.CC=C(COC(=O)CS)OC(=O)CS. The van der Waals surface area contributed by atoms with Crippen molar-refractivity contribution in [1.29, 1.82) is 0 Å². The maximum absolute atomic E-state index is 10.8. The smallest absolute Gasteiger partial charge is 0.329 e. The van der Waals surface area contributed by atoms with Gasteiger partial charge >= 0.3 is 17.9 Å². The predicted octanol–water partition coefficient (Wildman–Crippen LogP) is 1.18. The summed E-state index contributed by atoms with van der Waals surface area (Å²) in [5.74, 6) is -1.07. The Morgan fingerprint density at radius 1 is 1.15 bits per heavy atom. The molecule has 0 aliphatic heterocycles. The Labute approximate surface area is 129 Å². The number of ether oxygens (including phenoxy) is 3. The van der Waals surface area contributed by atoms with E-state index in [1.54, 1.807) is 13.0 Å². The Hall–Kier alpha value is -1.41. The highest BCUT2D eigenvalue weighted by molar-refractivity contribution is 7.81. The van der Waals surface area contributed by atoms with E-state index >= 15 is 0 Å². The summed E-state index contributed by atoms with van der Waals surface area (Å²) in [6.45, 7) is 4.77.